The number of carboxylic acids is 2. The van der Waals surface area contributed by atoms with E-state index in [1.165, 1.54) is 13.8 Å². The van der Waals surface area contributed by atoms with E-state index in [-0.39, 0.29) is 0 Å². The second kappa shape index (κ2) is 3.20. The molecular weight excluding hydrogens is 136 g/mol. The van der Waals surface area contributed by atoms with Crippen LogP contribution in [0.3, 0.4) is 0 Å². The van der Waals surface area contributed by atoms with Gasteiger partial charge >= 0.3 is 11.9 Å². The van der Waals surface area contributed by atoms with Gasteiger partial charge in [0.2, 0.25) is 0 Å². The van der Waals surface area contributed by atoms with Gasteiger partial charge in [0, 0.05) is 0 Å². The van der Waals surface area contributed by atoms with Gasteiger partial charge in [0.1, 0.15) is 0 Å². The molecule has 0 aromatic heterocycles. The van der Waals surface area contributed by atoms with Crippen molar-refractivity contribution in [2.45, 2.75) is 13.8 Å². The largest absolute Gasteiger partial charge is 0.481 e. The van der Waals surface area contributed by atoms with Crippen LogP contribution in [0.4, 0.5) is 0 Å². The average Bonchev–Trinajstić information content (AvgIpc) is 1.59. The fraction of sp³-hybridized carbons (Fsp3) is 0.500. The summed E-state index contributed by atoms with van der Waals surface area (Å²) in [6.07, 6.45) is 0. The van der Waals surface area contributed by atoms with Gasteiger partial charge in [-0.25, -0.2) is 0 Å². The maximum absolute atomic E-state index is 10.2. The SMILES string of the molecule is C[C](C)C(C(=O)O)C(=O)O. The first kappa shape index (κ1) is 8.94. The Hall–Kier alpha value is -1.06. The zero-order valence-corrected chi connectivity index (χ0v) is 5.79. The molecule has 10 heavy (non-hydrogen) atoms. The Morgan fingerprint density at radius 1 is 1.10 bits per heavy atom. The number of rotatable bonds is 3. The van der Waals surface area contributed by atoms with Crippen LogP contribution in [0.5, 0.6) is 0 Å². The fourth-order valence-corrected chi connectivity index (χ4v) is 0.600. The van der Waals surface area contributed by atoms with Crippen molar-refractivity contribution in [2.24, 2.45) is 5.92 Å². The number of aliphatic carboxylic acids is 2. The summed E-state index contributed by atoms with van der Waals surface area (Å²) in [5.74, 6) is -3.61. The molecule has 0 saturated carbocycles. The number of carboxylic acid groups (broad SMARTS) is 2. The third kappa shape index (κ3) is 2.05. The molecule has 0 unspecified atom stereocenters. The van der Waals surface area contributed by atoms with Crippen molar-refractivity contribution >= 4 is 11.9 Å². The Balaban J connectivity index is 4.27. The van der Waals surface area contributed by atoms with Crippen molar-refractivity contribution in [2.75, 3.05) is 0 Å². The number of hydrogen-bond acceptors (Lipinski definition) is 2. The van der Waals surface area contributed by atoms with Gasteiger partial charge < -0.3 is 10.2 Å². The topological polar surface area (TPSA) is 74.6 Å². The van der Waals surface area contributed by atoms with E-state index < -0.39 is 17.9 Å². The molecule has 0 bridgehead atoms. The summed E-state index contributed by atoms with van der Waals surface area (Å²) in [5, 5.41) is 16.6. The van der Waals surface area contributed by atoms with Crippen LogP contribution in [0.15, 0.2) is 0 Å². The number of carbonyl (C=O) groups is 2. The van der Waals surface area contributed by atoms with E-state index in [9.17, 15) is 9.59 Å². The molecule has 4 nitrogen and oxygen atoms in total. The molecule has 0 fully saturated rings. The lowest BCUT2D eigenvalue weighted by Gasteiger charge is -2.08. The summed E-state index contributed by atoms with van der Waals surface area (Å²) in [7, 11) is 0. The Kier molecular flexibility index (Phi) is 2.86. The minimum absolute atomic E-state index is 0.375. The predicted molar refractivity (Wildman–Crippen MR) is 33.4 cm³/mol. The van der Waals surface area contributed by atoms with Gasteiger partial charge in [-0.15, -0.1) is 0 Å². The summed E-state index contributed by atoms with van der Waals surface area (Å²) >= 11 is 0. The summed E-state index contributed by atoms with van der Waals surface area (Å²) in [5.41, 5.74) is 0. The Morgan fingerprint density at radius 3 is 1.40 bits per heavy atom. The first-order valence-corrected chi connectivity index (χ1v) is 2.72. The van der Waals surface area contributed by atoms with Crippen LogP contribution in [-0.2, 0) is 9.59 Å². The van der Waals surface area contributed by atoms with E-state index in [2.05, 4.69) is 0 Å². The highest BCUT2D eigenvalue weighted by Crippen LogP contribution is 2.12. The van der Waals surface area contributed by atoms with Crippen LogP contribution < -0.4 is 0 Å². The van der Waals surface area contributed by atoms with Crippen molar-refractivity contribution in [3.63, 3.8) is 0 Å². The van der Waals surface area contributed by atoms with Crippen molar-refractivity contribution in [1.29, 1.82) is 0 Å². The monoisotopic (exact) mass is 145 g/mol. The van der Waals surface area contributed by atoms with E-state index in [0.717, 1.165) is 0 Å². The molecule has 0 spiro atoms. The molecule has 0 aliphatic heterocycles. The maximum atomic E-state index is 10.2. The molecule has 0 amide bonds. The Labute approximate surface area is 58.5 Å². The lowest BCUT2D eigenvalue weighted by molar-refractivity contribution is -0.153. The predicted octanol–water partition coefficient (Wildman–Crippen LogP) is 0.386. The highest BCUT2D eigenvalue weighted by atomic mass is 16.4. The summed E-state index contributed by atoms with van der Waals surface area (Å²) in [6, 6.07) is 0. The third-order valence-corrected chi connectivity index (χ3v) is 1.07. The minimum atomic E-state index is -1.36. The van der Waals surface area contributed by atoms with Crippen molar-refractivity contribution in [1.82, 2.24) is 0 Å². The Bertz CT molecular complexity index is 136. The van der Waals surface area contributed by atoms with Crippen LogP contribution in [0, 0.1) is 11.8 Å². The van der Waals surface area contributed by atoms with Gasteiger partial charge in [-0.2, -0.15) is 0 Å². The van der Waals surface area contributed by atoms with Crippen molar-refractivity contribution < 1.29 is 19.8 Å². The molecule has 0 rings (SSSR count). The first-order valence-electron chi connectivity index (χ1n) is 2.72. The summed E-state index contributed by atoms with van der Waals surface area (Å²) < 4.78 is 0. The zero-order chi connectivity index (χ0) is 8.31. The second-order valence-corrected chi connectivity index (χ2v) is 2.19. The Morgan fingerprint density at radius 2 is 1.40 bits per heavy atom. The van der Waals surface area contributed by atoms with Gasteiger partial charge in [-0.3, -0.25) is 9.59 Å². The standard InChI is InChI=1S/C6H9O4/c1-3(2)4(5(7)8)6(9)10/h4H,1-2H3,(H,7,8)(H,9,10). The van der Waals surface area contributed by atoms with E-state index in [4.69, 9.17) is 10.2 Å². The van der Waals surface area contributed by atoms with Gasteiger partial charge in [-0.1, -0.05) is 13.8 Å². The lowest BCUT2D eigenvalue weighted by Crippen LogP contribution is -2.26. The van der Waals surface area contributed by atoms with E-state index in [0.29, 0.717) is 5.92 Å². The molecule has 57 valence electrons. The van der Waals surface area contributed by atoms with E-state index >= 15 is 0 Å². The van der Waals surface area contributed by atoms with Crippen molar-refractivity contribution in [3.8, 4) is 0 Å². The summed E-state index contributed by atoms with van der Waals surface area (Å²) in [6.45, 7) is 2.96. The van der Waals surface area contributed by atoms with Gasteiger partial charge in [0.05, 0.1) is 0 Å². The van der Waals surface area contributed by atoms with Gasteiger partial charge in [0.25, 0.3) is 0 Å². The van der Waals surface area contributed by atoms with Crippen LogP contribution in [0.1, 0.15) is 13.8 Å². The van der Waals surface area contributed by atoms with E-state index in [1.54, 1.807) is 0 Å². The zero-order valence-electron chi connectivity index (χ0n) is 5.79. The molecule has 0 aliphatic carbocycles. The molecule has 2 N–H and O–H groups in total. The van der Waals surface area contributed by atoms with Gasteiger partial charge in [-0.05, 0) is 5.92 Å². The molecule has 4 heteroatoms. The fourth-order valence-electron chi connectivity index (χ4n) is 0.600. The van der Waals surface area contributed by atoms with Crippen LogP contribution in [-0.4, -0.2) is 22.2 Å². The summed E-state index contributed by atoms with van der Waals surface area (Å²) in [4.78, 5) is 20.4. The molecule has 1 radical (unpaired) electrons. The maximum Gasteiger partial charge on any atom is 0.318 e. The van der Waals surface area contributed by atoms with Gasteiger partial charge in [0.15, 0.2) is 5.92 Å². The minimum Gasteiger partial charge on any atom is -0.481 e. The third-order valence-electron chi connectivity index (χ3n) is 1.07. The quantitative estimate of drug-likeness (QED) is 0.563. The van der Waals surface area contributed by atoms with Crippen molar-refractivity contribution in [3.05, 3.63) is 5.92 Å². The highest BCUT2D eigenvalue weighted by molar-refractivity contribution is 5.95. The molecule has 0 aromatic rings. The average molecular weight is 145 g/mol. The lowest BCUT2D eigenvalue weighted by atomic mass is 9.97. The molecule has 0 aliphatic rings. The normalized spacial score (nSPS) is 10.4. The van der Waals surface area contributed by atoms with Crippen LogP contribution in [0.25, 0.3) is 0 Å². The first-order chi connectivity index (χ1) is 4.46. The smallest absolute Gasteiger partial charge is 0.318 e. The second-order valence-electron chi connectivity index (χ2n) is 2.19. The van der Waals surface area contributed by atoms with Crippen LogP contribution >= 0.6 is 0 Å². The highest BCUT2D eigenvalue weighted by Gasteiger charge is 2.29. The van der Waals surface area contributed by atoms with E-state index in [1.807, 2.05) is 0 Å². The molecular formula is C6H9O4. The molecule has 0 atom stereocenters. The van der Waals surface area contributed by atoms with Crippen LogP contribution in [0.2, 0.25) is 0 Å². The molecule has 0 saturated heterocycles. The molecule has 0 aromatic carbocycles. The number of hydrogen-bond donors (Lipinski definition) is 2. The molecule has 0 heterocycles.